The van der Waals surface area contributed by atoms with Gasteiger partial charge < -0.3 is 0 Å². The van der Waals surface area contributed by atoms with Gasteiger partial charge in [-0.3, -0.25) is 0 Å². The van der Waals surface area contributed by atoms with E-state index >= 15 is 0 Å². The molecule has 1 heteroatoms. The van der Waals surface area contributed by atoms with Gasteiger partial charge in [-0.25, -0.2) is 0 Å². The monoisotopic (exact) mass is 184 g/mol. The minimum atomic E-state index is -0.933. The summed E-state index contributed by atoms with van der Waals surface area (Å²) in [4.78, 5) is 2.48. The molecule has 0 aromatic carbocycles. The predicted octanol–water partition coefficient (Wildman–Crippen LogP) is 2.22. The van der Waals surface area contributed by atoms with Gasteiger partial charge in [-0.1, -0.05) is 0 Å². The average Bonchev–Trinajstić information content (AvgIpc) is 2.33. The zero-order valence-electron chi connectivity index (χ0n) is 6.22. The molecule has 50 valence electrons. The third-order valence-corrected chi connectivity index (χ3v) is 8.52. The zero-order valence-corrected chi connectivity index (χ0v) is 8.65. The molecule has 0 aliphatic carbocycles. The zero-order chi connectivity index (χ0) is 6.69. The molecule has 9 heavy (non-hydrogen) atoms. The van der Waals surface area contributed by atoms with E-state index < -0.39 is 14.3 Å². The second kappa shape index (κ2) is 3.26. The fourth-order valence-corrected chi connectivity index (χ4v) is 6.18. The Morgan fingerprint density at radius 1 is 1.44 bits per heavy atom. The molecular formula is C8H14Ge. The number of allylic oxidation sites excluding steroid dienone is 3. The van der Waals surface area contributed by atoms with Gasteiger partial charge in [0.15, 0.2) is 0 Å². The SMILES string of the molecule is CC[C]1=CC=[CH][GeH]1[CH2]C. The first-order valence-electron chi connectivity index (χ1n) is 3.75. The molecule has 0 amide bonds. The second-order valence-electron chi connectivity index (χ2n) is 2.49. The Morgan fingerprint density at radius 3 is 2.67 bits per heavy atom. The summed E-state index contributed by atoms with van der Waals surface area (Å²) in [6.45, 7) is 4.59. The van der Waals surface area contributed by atoms with E-state index in [1.54, 1.807) is 4.41 Å². The molecule has 0 saturated heterocycles. The van der Waals surface area contributed by atoms with Crippen molar-refractivity contribution in [2.24, 2.45) is 0 Å². The van der Waals surface area contributed by atoms with Crippen molar-refractivity contribution in [3.05, 3.63) is 21.5 Å². The van der Waals surface area contributed by atoms with Gasteiger partial charge >= 0.3 is 61.3 Å². The van der Waals surface area contributed by atoms with Crippen molar-refractivity contribution in [3.8, 4) is 0 Å². The van der Waals surface area contributed by atoms with Crippen LogP contribution in [0.25, 0.3) is 0 Å². The summed E-state index contributed by atoms with van der Waals surface area (Å²) in [6.07, 6.45) is 5.88. The van der Waals surface area contributed by atoms with Crippen LogP contribution in [0.4, 0.5) is 0 Å². The molecular weight excluding hydrogens is 169 g/mol. The van der Waals surface area contributed by atoms with E-state index in [0.717, 1.165) is 0 Å². The Labute approximate surface area is 61.8 Å². The van der Waals surface area contributed by atoms with Crippen molar-refractivity contribution in [1.82, 2.24) is 0 Å². The summed E-state index contributed by atoms with van der Waals surface area (Å²) in [6, 6.07) is 0. The normalized spacial score (nSPS) is 24.7. The van der Waals surface area contributed by atoms with Crippen LogP contribution in [-0.4, -0.2) is 14.3 Å². The first-order valence-corrected chi connectivity index (χ1v) is 8.08. The first kappa shape index (κ1) is 7.13. The van der Waals surface area contributed by atoms with E-state index in [1.165, 1.54) is 11.7 Å². The molecule has 0 N–H and O–H groups in total. The van der Waals surface area contributed by atoms with Gasteiger partial charge in [-0.15, -0.1) is 0 Å². The van der Waals surface area contributed by atoms with Crippen molar-refractivity contribution in [1.29, 1.82) is 0 Å². The molecule has 1 heterocycles. The molecule has 0 saturated carbocycles. The standard InChI is InChI=1S/C8H14Ge/c1-3-8-6-5-7-9(8)4-2/h5-7,9H,3-4H2,1-2H3. The van der Waals surface area contributed by atoms with Crippen molar-refractivity contribution >= 4 is 14.3 Å². The van der Waals surface area contributed by atoms with Crippen molar-refractivity contribution in [2.45, 2.75) is 25.5 Å². The molecule has 1 unspecified atom stereocenters. The quantitative estimate of drug-likeness (QED) is 0.575. The van der Waals surface area contributed by atoms with Gasteiger partial charge in [0.1, 0.15) is 0 Å². The van der Waals surface area contributed by atoms with E-state index in [2.05, 4.69) is 30.9 Å². The molecule has 0 spiro atoms. The van der Waals surface area contributed by atoms with Crippen molar-refractivity contribution < 1.29 is 0 Å². The Morgan fingerprint density at radius 2 is 2.22 bits per heavy atom. The molecule has 1 rings (SSSR count). The molecule has 0 radical (unpaired) electrons. The van der Waals surface area contributed by atoms with E-state index in [4.69, 9.17) is 0 Å². The second-order valence-corrected chi connectivity index (χ2v) is 9.12. The number of hydrogen-bond acceptors (Lipinski definition) is 0. The van der Waals surface area contributed by atoms with Crippen LogP contribution < -0.4 is 0 Å². The van der Waals surface area contributed by atoms with Crippen LogP contribution in [0.1, 0.15) is 20.3 Å². The van der Waals surface area contributed by atoms with Crippen LogP contribution in [0.3, 0.4) is 0 Å². The molecule has 1 aliphatic rings. The van der Waals surface area contributed by atoms with Gasteiger partial charge in [0.05, 0.1) is 0 Å². The maximum absolute atomic E-state index is 2.48. The van der Waals surface area contributed by atoms with E-state index in [9.17, 15) is 0 Å². The summed E-state index contributed by atoms with van der Waals surface area (Å²) in [5, 5.41) is 1.45. The van der Waals surface area contributed by atoms with E-state index in [0.29, 0.717) is 0 Å². The summed E-state index contributed by atoms with van der Waals surface area (Å²) in [7, 11) is 0. The molecule has 0 aromatic heterocycles. The molecule has 0 fully saturated rings. The van der Waals surface area contributed by atoms with Gasteiger partial charge in [0.25, 0.3) is 0 Å². The first-order chi connectivity index (χ1) is 4.38. The van der Waals surface area contributed by atoms with E-state index in [1.807, 2.05) is 0 Å². The molecule has 0 nitrogen and oxygen atoms in total. The molecule has 0 aromatic rings. The van der Waals surface area contributed by atoms with Crippen LogP contribution in [0, 0.1) is 0 Å². The fourth-order valence-electron chi connectivity index (χ4n) is 1.34. The number of hydrogen-bond donors (Lipinski definition) is 0. The fraction of sp³-hybridized carbons (Fsp3) is 0.500. The van der Waals surface area contributed by atoms with Gasteiger partial charge in [0.2, 0.25) is 0 Å². The summed E-state index contributed by atoms with van der Waals surface area (Å²) in [5.41, 5.74) is 0. The Balaban J connectivity index is 2.55. The molecule has 0 bridgehead atoms. The van der Waals surface area contributed by atoms with E-state index in [-0.39, 0.29) is 0 Å². The third kappa shape index (κ3) is 1.48. The summed E-state index contributed by atoms with van der Waals surface area (Å²) in [5.74, 6) is 0. The maximum atomic E-state index is 2.48. The number of rotatable bonds is 2. The van der Waals surface area contributed by atoms with Crippen LogP contribution in [-0.2, 0) is 0 Å². The van der Waals surface area contributed by atoms with Crippen molar-refractivity contribution in [3.63, 3.8) is 0 Å². The van der Waals surface area contributed by atoms with Gasteiger partial charge in [-0.2, -0.15) is 0 Å². The minimum absolute atomic E-state index is 0.933. The average molecular weight is 183 g/mol. The van der Waals surface area contributed by atoms with Crippen LogP contribution in [0.5, 0.6) is 0 Å². The Hall–Kier alpha value is 0.0229. The van der Waals surface area contributed by atoms with Gasteiger partial charge in [-0.05, 0) is 0 Å². The van der Waals surface area contributed by atoms with Crippen molar-refractivity contribution in [2.75, 3.05) is 0 Å². The molecule has 1 atom stereocenters. The topological polar surface area (TPSA) is 0 Å². The Kier molecular flexibility index (Phi) is 2.58. The Bertz CT molecular complexity index is 145. The summed E-state index contributed by atoms with van der Waals surface area (Å²) >= 11 is -0.933. The van der Waals surface area contributed by atoms with Crippen LogP contribution >= 0.6 is 0 Å². The third-order valence-electron chi connectivity index (χ3n) is 1.98. The summed E-state index contributed by atoms with van der Waals surface area (Å²) < 4.78 is 1.78. The molecule has 1 aliphatic heterocycles. The van der Waals surface area contributed by atoms with Crippen LogP contribution in [0.15, 0.2) is 21.5 Å². The van der Waals surface area contributed by atoms with Crippen LogP contribution in [0.2, 0.25) is 5.25 Å². The van der Waals surface area contributed by atoms with Gasteiger partial charge in [0, 0.05) is 0 Å². The predicted molar refractivity (Wildman–Crippen MR) is 45.1 cm³/mol.